The number of amides is 1. The zero-order valence-electron chi connectivity index (χ0n) is 14.8. The van der Waals surface area contributed by atoms with Crippen LogP contribution in [-0.4, -0.2) is 84.2 Å². The number of nitrogens with zero attached hydrogens (tertiary/aromatic N) is 3. The summed E-state index contributed by atoms with van der Waals surface area (Å²) in [6, 6.07) is 1.03. The molecule has 3 rings (SSSR count). The summed E-state index contributed by atoms with van der Waals surface area (Å²) in [5, 5.41) is 0. The Morgan fingerprint density at radius 2 is 1.91 bits per heavy atom. The molecular weight excluding hydrogens is 278 g/mol. The maximum absolute atomic E-state index is 12.5. The van der Waals surface area contributed by atoms with Crippen LogP contribution in [0.4, 0.5) is 0 Å². The van der Waals surface area contributed by atoms with Gasteiger partial charge in [0.1, 0.15) is 0 Å². The first-order chi connectivity index (χ1) is 10.2. The fourth-order valence-corrected chi connectivity index (χ4v) is 4.19. The van der Waals surface area contributed by atoms with Gasteiger partial charge in [0.2, 0.25) is 5.91 Å². The zero-order chi connectivity index (χ0) is 16.1. The number of likely N-dealkylation sites (tertiary alicyclic amines) is 1. The number of hydrogen-bond acceptors (Lipinski definition) is 4. The van der Waals surface area contributed by atoms with Gasteiger partial charge in [-0.3, -0.25) is 14.6 Å². The predicted molar refractivity (Wildman–Crippen MR) is 86.8 cm³/mol. The van der Waals surface area contributed by atoms with Crippen LogP contribution in [0.5, 0.6) is 0 Å². The number of rotatable bonds is 1. The molecule has 3 heterocycles. The smallest absolute Gasteiger partial charge is 0.228 e. The summed E-state index contributed by atoms with van der Waals surface area (Å²) in [4.78, 5) is 19.8. The van der Waals surface area contributed by atoms with Crippen molar-refractivity contribution < 1.29 is 9.53 Å². The van der Waals surface area contributed by atoms with Crippen LogP contribution in [0.1, 0.15) is 34.6 Å². The highest BCUT2D eigenvalue weighted by molar-refractivity contribution is 5.82. The van der Waals surface area contributed by atoms with E-state index in [9.17, 15) is 4.79 Å². The van der Waals surface area contributed by atoms with E-state index in [1.54, 1.807) is 0 Å². The van der Waals surface area contributed by atoms with Crippen molar-refractivity contribution in [2.24, 2.45) is 5.41 Å². The first kappa shape index (κ1) is 16.2. The van der Waals surface area contributed by atoms with Crippen molar-refractivity contribution in [1.29, 1.82) is 0 Å². The molecule has 0 aromatic carbocycles. The molecule has 0 radical (unpaired) electrons. The average molecular weight is 309 g/mol. The van der Waals surface area contributed by atoms with Crippen molar-refractivity contribution in [3.8, 4) is 0 Å². The van der Waals surface area contributed by atoms with Crippen LogP contribution >= 0.6 is 0 Å². The minimum atomic E-state index is -0.279. The number of piperazine rings is 1. The molecule has 0 N–H and O–H groups in total. The summed E-state index contributed by atoms with van der Waals surface area (Å²) < 4.78 is 5.71. The number of morpholine rings is 1. The van der Waals surface area contributed by atoms with E-state index in [-0.39, 0.29) is 16.9 Å². The molecule has 1 atom stereocenters. The minimum Gasteiger partial charge on any atom is -0.378 e. The lowest BCUT2D eigenvalue weighted by Crippen LogP contribution is -2.81. The van der Waals surface area contributed by atoms with Crippen LogP contribution < -0.4 is 0 Å². The Bertz CT molecular complexity index is 438. The number of fused-ring (bicyclic) bond motifs is 2. The fraction of sp³-hybridized carbons (Fsp3) is 0.941. The number of hydrogen-bond donors (Lipinski definition) is 0. The van der Waals surface area contributed by atoms with Gasteiger partial charge in [-0.2, -0.15) is 0 Å². The van der Waals surface area contributed by atoms with E-state index in [1.807, 2.05) is 20.8 Å². The lowest BCUT2D eigenvalue weighted by molar-refractivity contribution is -0.184. The van der Waals surface area contributed by atoms with Gasteiger partial charge < -0.3 is 9.64 Å². The third kappa shape index (κ3) is 2.68. The van der Waals surface area contributed by atoms with Gasteiger partial charge in [-0.05, 0) is 13.8 Å². The minimum absolute atomic E-state index is 0.151. The fourth-order valence-electron chi connectivity index (χ4n) is 4.19. The molecule has 1 spiro atoms. The molecule has 3 fully saturated rings. The summed E-state index contributed by atoms with van der Waals surface area (Å²) in [5.74, 6) is 0.282. The molecule has 126 valence electrons. The summed E-state index contributed by atoms with van der Waals surface area (Å²) in [5.41, 5.74) is -0.129. The first-order valence-corrected chi connectivity index (χ1v) is 8.61. The maximum Gasteiger partial charge on any atom is 0.228 e. The van der Waals surface area contributed by atoms with Gasteiger partial charge in [0.05, 0.1) is 18.8 Å². The van der Waals surface area contributed by atoms with Gasteiger partial charge in [-0.15, -0.1) is 0 Å². The zero-order valence-corrected chi connectivity index (χ0v) is 14.8. The van der Waals surface area contributed by atoms with Gasteiger partial charge in [-0.1, -0.05) is 20.8 Å². The van der Waals surface area contributed by atoms with E-state index in [0.29, 0.717) is 12.1 Å². The number of carbonyl (C=O) groups is 1. The Balaban J connectivity index is 1.75. The number of ether oxygens (including phenoxy) is 1. The van der Waals surface area contributed by atoms with Crippen LogP contribution in [-0.2, 0) is 9.53 Å². The van der Waals surface area contributed by atoms with Gasteiger partial charge in [-0.25, -0.2) is 0 Å². The Morgan fingerprint density at radius 3 is 2.50 bits per heavy atom. The van der Waals surface area contributed by atoms with Crippen molar-refractivity contribution in [3.63, 3.8) is 0 Å². The average Bonchev–Trinajstić information content (AvgIpc) is 2.41. The molecule has 0 bridgehead atoms. The molecule has 3 saturated heterocycles. The third-order valence-corrected chi connectivity index (χ3v) is 5.41. The van der Waals surface area contributed by atoms with E-state index in [4.69, 9.17) is 4.74 Å². The summed E-state index contributed by atoms with van der Waals surface area (Å²) in [6.45, 7) is 17.2. The van der Waals surface area contributed by atoms with Crippen LogP contribution in [0, 0.1) is 5.41 Å². The summed E-state index contributed by atoms with van der Waals surface area (Å²) in [7, 11) is 0. The van der Waals surface area contributed by atoms with Crippen molar-refractivity contribution in [1.82, 2.24) is 14.7 Å². The van der Waals surface area contributed by atoms with E-state index < -0.39 is 0 Å². The van der Waals surface area contributed by atoms with Crippen LogP contribution in [0.25, 0.3) is 0 Å². The van der Waals surface area contributed by atoms with E-state index in [2.05, 4.69) is 28.5 Å². The lowest BCUT2D eigenvalue weighted by atomic mass is 9.80. The molecule has 22 heavy (non-hydrogen) atoms. The monoisotopic (exact) mass is 309 g/mol. The van der Waals surface area contributed by atoms with Crippen LogP contribution in [0.2, 0.25) is 0 Å². The largest absolute Gasteiger partial charge is 0.378 e. The van der Waals surface area contributed by atoms with E-state index in [1.165, 1.54) is 0 Å². The van der Waals surface area contributed by atoms with Crippen molar-refractivity contribution in [3.05, 3.63) is 0 Å². The summed E-state index contributed by atoms with van der Waals surface area (Å²) >= 11 is 0. The Kier molecular flexibility index (Phi) is 4.03. The van der Waals surface area contributed by atoms with Gasteiger partial charge >= 0.3 is 0 Å². The van der Waals surface area contributed by atoms with Crippen LogP contribution in [0.15, 0.2) is 0 Å². The Hall–Kier alpha value is -0.650. The highest BCUT2D eigenvalue weighted by atomic mass is 16.5. The van der Waals surface area contributed by atoms with Crippen molar-refractivity contribution in [2.45, 2.75) is 52.2 Å². The topological polar surface area (TPSA) is 36.0 Å². The number of carbonyl (C=O) groups excluding carboxylic acids is 1. The van der Waals surface area contributed by atoms with Crippen molar-refractivity contribution in [2.75, 3.05) is 45.9 Å². The molecule has 3 aliphatic rings. The highest BCUT2D eigenvalue weighted by Crippen LogP contribution is 2.38. The second-order valence-corrected chi connectivity index (χ2v) is 8.58. The quantitative estimate of drug-likeness (QED) is 0.725. The second-order valence-electron chi connectivity index (χ2n) is 8.58. The van der Waals surface area contributed by atoms with Crippen molar-refractivity contribution >= 4 is 5.91 Å². The molecule has 0 aliphatic carbocycles. The Labute approximate surface area is 134 Å². The third-order valence-electron chi connectivity index (χ3n) is 5.41. The van der Waals surface area contributed by atoms with Gasteiger partial charge in [0.25, 0.3) is 0 Å². The SMILES string of the molecule is CC(C)N1CC2COCCN2C2(CN(C(=O)C(C)(C)C)C2)C1. The van der Waals surface area contributed by atoms with Crippen LogP contribution in [0.3, 0.4) is 0 Å². The summed E-state index contributed by atoms with van der Waals surface area (Å²) in [6.07, 6.45) is 0. The molecular formula is C17H31N3O2. The molecule has 1 unspecified atom stereocenters. The second kappa shape index (κ2) is 5.46. The molecule has 0 saturated carbocycles. The maximum atomic E-state index is 12.5. The van der Waals surface area contributed by atoms with E-state index in [0.717, 1.165) is 45.9 Å². The van der Waals surface area contributed by atoms with Gasteiger partial charge in [0, 0.05) is 50.2 Å². The van der Waals surface area contributed by atoms with Gasteiger partial charge in [0.15, 0.2) is 0 Å². The first-order valence-electron chi connectivity index (χ1n) is 8.61. The molecule has 3 aliphatic heterocycles. The molecule has 0 aromatic heterocycles. The van der Waals surface area contributed by atoms with E-state index >= 15 is 0 Å². The predicted octanol–water partition coefficient (Wildman–Crippen LogP) is 1.04. The molecule has 5 nitrogen and oxygen atoms in total. The highest BCUT2D eigenvalue weighted by Gasteiger charge is 2.56. The standard InChI is InChI=1S/C17H31N3O2/c1-13(2)18-8-14-9-22-7-6-20(14)17(10-18)11-19(12-17)15(21)16(3,4)5/h13-14H,6-12H2,1-5H3. The lowest BCUT2D eigenvalue weighted by Gasteiger charge is -2.64. The normalized spacial score (nSPS) is 29.5. The molecule has 5 heteroatoms. The Morgan fingerprint density at radius 1 is 1.23 bits per heavy atom. The molecule has 1 amide bonds. The molecule has 0 aromatic rings.